The summed E-state index contributed by atoms with van der Waals surface area (Å²) in [6.45, 7) is 0.883. The lowest BCUT2D eigenvalue weighted by atomic mass is 9.78. The molecule has 0 spiro atoms. The zero-order valence-electron chi connectivity index (χ0n) is 16.0. The Morgan fingerprint density at radius 3 is 2.63 bits per heavy atom. The molecule has 2 aromatic rings. The van der Waals surface area contributed by atoms with Crippen molar-refractivity contribution >= 4 is 23.4 Å². The molecule has 2 N–H and O–H groups in total. The van der Waals surface area contributed by atoms with Crippen LogP contribution in [0.5, 0.6) is 0 Å². The molecule has 0 unspecified atom stereocenters. The number of halogens is 4. The maximum atomic E-state index is 13.5. The van der Waals surface area contributed by atoms with Gasteiger partial charge in [0, 0.05) is 31.4 Å². The summed E-state index contributed by atoms with van der Waals surface area (Å²) in [4.78, 5) is 26.3. The first-order chi connectivity index (χ1) is 14.1. The van der Waals surface area contributed by atoms with Crippen LogP contribution in [0.2, 0.25) is 5.02 Å². The number of aromatic nitrogens is 2. The number of primary amides is 1. The Morgan fingerprint density at radius 1 is 1.27 bits per heavy atom. The normalized spacial score (nSPS) is 18.1. The minimum absolute atomic E-state index is 0.104. The number of carbonyl (C=O) groups excluding carboxylic acids is 2. The van der Waals surface area contributed by atoms with Gasteiger partial charge in [-0.25, -0.2) is 13.2 Å². The third-order valence-corrected chi connectivity index (χ3v) is 6.00. The average molecular weight is 441 g/mol. The molecule has 10 heteroatoms. The van der Waals surface area contributed by atoms with E-state index in [-0.39, 0.29) is 53.9 Å². The first-order valence-corrected chi connectivity index (χ1v) is 10.0. The van der Waals surface area contributed by atoms with E-state index in [2.05, 4.69) is 5.10 Å². The van der Waals surface area contributed by atoms with Crippen LogP contribution in [0, 0.1) is 11.7 Å². The fourth-order valence-electron chi connectivity index (χ4n) is 4.11. The van der Waals surface area contributed by atoms with Gasteiger partial charge < -0.3 is 10.6 Å². The second kappa shape index (κ2) is 7.61. The molecule has 1 fully saturated rings. The smallest absolute Gasteiger partial charge is 0.252 e. The van der Waals surface area contributed by atoms with Crippen LogP contribution in [0.4, 0.5) is 13.2 Å². The highest BCUT2D eigenvalue weighted by Gasteiger charge is 2.45. The number of nitrogens with zero attached hydrogens (tertiary/aromatic N) is 3. The Balaban J connectivity index is 1.52. The molecule has 1 aliphatic heterocycles. The minimum atomic E-state index is -2.60. The Bertz CT molecular complexity index is 1020. The van der Waals surface area contributed by atoms with Gasteiger partial charge in [-0.15, -0.1) is 0 Å². The van der Waals surface area contributed by atoms with E-state index in [0.29, 0.717) is 30.8 Å². The zero-order valence-corrected chi connectivity index (χ0v) is 16.8. The maximum Gasteiger partial charge on any atom is 0.252 e. The highest BCUT2D eigenvalue weighted by atomic mass is 35.5. The van der Waals surface area contributed by atoms with Crippen molar-refractivity contribution < 1.29 is 22.8 Å². The molecule has 1 aromatic heterocycles. The standard InChI is InChI=1S/C20H20ClF3N4O2/c21-13-7-12(2-3-14(13)22)18-17(19(25)30)15-10-27(5-6-28(15)26-18)16(29)4-1-11-8-20(23,24)9-11/h2-3,7,11H,1,4-6,8-10H2,(H2,25,30). The Hall–Kier alpha value is -2.55. The summed E-state index contributed by atoms with van der Waals surface area (Å²) in [5, 5.41) is 4.33. The number of benzene rings is 1. The van der Waals surface area contributed by atoms with Crippen molar-refractivity contribution in [1.82, 2.24) is 14.7 Å². The Kier molecular flexibility index (Phi) is 5.25. The molecule has 1 saturated carbocycles. The van der Waals surface area contributed by atoms with Gasteiger partial charge in [0.25, 0.3) is 5.91 Å². The summed E-state index contributed by atoms with van der Waals surface area (Å²) in [7, 11) is 0. The van der Waals surface area contributed by atoms with Crippen LogP contribution < -0.4 is 5.73 Å². The molecule has 2 amide bonds. The fraction of sp³-hybridized carbons (Fsp3) is 0.450. The molecular weight excluding hydrogens is 421 g/mol. The summed E-state index contributed by atoms with van der Waals surface area (Å²) in [6.07, 6.45) is 0.276. The molecule has 0 saturated heterocycles. The number of amides is 2. The SMILES string of the molecule is NC(=O)c1c(-c2ccc(F)c(Cl)c2)nn2c1CN(C(=O)CCC1CC(F)(F)C1)CC2. The Morgan fingerprint density at radius 2 is 2.00 bits per heavy atom. The van der Waals surface area contributed by atoms with Crippen LogP contribution in [-0.2, 0) is 17.9 Å². The summed E-state index contributed by atoms with van der Waals surface area (Å²) in [5.41, 5.74) is 6.97. The first-order valence-electron chi connectivity index (χ1n) is 9.65. The first kappa shape index (κ1) is 20.7. The minimum Gasteiger partial charge on any atom is -0.365 e. The van der Waals surface area contributed by atoms with Crippen LogP contribution in [0.25, 0.3) is 11.3 Å². The van der Waals surface area contributed by atoms with Crippen LogP contribution in [-0.4, -0.2) is 39.0 Å². The quantitative estimate of drug-likeness (QED) is 0.771. The van der Waals surface area contributed by atoms with Gasteiger partial charge in [-0.3, -0.25) is 14.3 Å². The van der Waals surface area contributed by atoms with Crippen molar-refractivity contribution in [3.05, 3.63) is 40.3 Å². The number of fused-ring (bicyclic) bond motifs is 1. The molecular formula is C20H20ClF3N4O2. The van der Waals surface area contributed by atoms with Gasteiger partial charge >= 0.3 is 0 Å². The topological polar surface area (TPSA) is 81.2 Å². The van der Waals surface area contributed by atoms with E-state index in [4.69, 9.17) is 17.3 Å². The van der Waals surface area contributed by atoms with Gasteiger partial charge in [0.2, 0.25) is 11.8 Å². The van der Waals surface area contributed by atoms with Gasteiger partial charge in [0.15, 0.2) is 0 Å². The molecule has 2 aliphatic rings. The van der Waals surface area contributed by atoms with Crippen molar-refractivity contribution in [2.45, 2.75) is 44.7 Å². The highest BCUT2D eigenvalue weighted by molar-refractivity contribution is 6.31. The van der Waals surface area contributed by atoms with Gasteiger partial charge in [-0.2, -0.15) is 5.10 Å². The lowest BCUT2D eigenvalue weighted by molar-refractivity contribution is -0.136. The number of alkyl halides is 2. The second-order valence-corrected chi connectivity index (χ2v) is 8.28. The zero-order chi connectivity index (χ0) is 21.6. The molecule has 0 atom stereocenters. The molecule has 6 nitrogen and oxygen atoms in total. The fourth-order valence-corrected chi connectivity index (χ4v) is 4.29. The van der Waals surface area contributed by atoms with Crippen LogP contribution in [0.15, 0.2) is 18.2 Å². The molecule has 0 radical (unpaired) electrons. The van der Waals surface area contributed by atoms with Crippen molar-refractivity contribution in [3.63, 3.8) is 0 Å². The van der Waals surface area contributed by atoms with E-state index in [1.54, 1.807) is 9.58 Å². The van der Waals surface area contributed by atoms with Crippen molar-refractivity contribution in [2.24, 2.45) is 11.7 Å². The Labute approximate surface area is 175 Å². The third kappa shape index (κ3) is 3.90. The average Bonchev–Trinajstić information content (AvgIpc) is 3.05. The predicted molar refractivity (Wildman–Crippen MR) is 103 cm³/mol. The van der Waals surface area contributed by atoms with E-state index < -0.39 is 17.6 Å². The van der Waals surface area contributed by atoms with Crippen LogP contribution in [0.3, 0.4) is 0 Å². The van der Waals surface area contributed by atoms with Gasteiger partial charge in [-0.1, -0.05) is 11.6 Å². The number of carbonyl (C=O) groups is 2. The lowest BCUT2D eigenvalue weighted by Gasteiger charge is -2.35. The lowest BCUT2D eigenvalue weighted by Crippen LogP contribution is -2.40. The molecule has 1 aromatic carbocycles. The second-order valence-electron chi connectivity index (χ2n) is 7.87. The molecule has 160 valence electrons. The van der Waals surface area contributed by atoms with Gasteiger partial charge in [-0.05, 0) is 30.5 Å². The molecule has 2 heterocycles. The number of nitrogens with two attached hydrogens (primary N) is 1. The monoisotopic (exact) mass is 440 g/mol. The summed E-state index contributed by atoms with van der Waals surface area (Å²) in [6, 6.07) is 4.01. The largest absolute Gasteiger partial charge is 0.365 e. The van der Waals surface area contributed by atoms with E-state index in [1.807, 2.05) is 0 Å². The number of hydrogen-bond acceptors (Lipinski definition) is 3. The number of rotatable bonds is 5. The molecule has 4 rings (SSSR count). The van der Waals surface area contributed by atoms with Crippen LogP contribution in [0.1, 0.15) is 41.7 Å². The van der Waals surface area contributed by atoms with Crippen LogP contribution >= 0.6 is 11.6 Å². The predicted octanol–water partition coefficient (Wildman–Crippen LogP) is 3.61. The summed E-state index contributed by atoms with van der Waals surface area (Å²) < 4.78 is 41.0. The van der Waals surface area contributed by atoms with Crippen molar-refractivity contribution in [1.29, 1.82) is 0 Å². The third-order valence-electron chi connectivity index (χ3n) is 5.71. The molecule has 30 heavy (non-hydrogen) atoms. The van der Waals surface area contributed by atoms with E-state index in [1.165, 1.54) is 18.2 Å². The van der Waals surface area contributed by atoms with Gasteiger partial charge in [0.1, 0.15) is 11.5 Å². The van der Waals surface area contributed by atoms with Gasteiger partial charge in [0.05, 0.1) is 29.4 Å². The highest BCUT2D eigenvalue weighted by Crippen LogP contribution is 2.44. The summed E-state index contributed by atoms with van der Waals surface area (Å²) >= 11 is 5.86. The summed E-state index contributed by atoms with van der Waals surface area (Å²) in [5.74, 6) is -4.18. The molecule has 0 bridgehead atoms. The maximum absolute atomic E-state index is 13.5. The van der Waals surface area contributed by atoms with E-state index in [0.717, 1.165) is 0 Å². The molecule has 1 aliphatic carbocycles. The van der Waals surface area contributed by atoms with E-state index >= 15 is 0 Å². The van der Waals surface area contributed by atoms with Crippen molar-refractivity contribution in [2.75, 3.05) is 6.54 Å². The number of hydrogen-bond donors (Lipinski definition) is 1. The van der Waals surface area contributed by atoms with E-state index in [9.17, 15) is 22.8 Å². The van der Waals surface area contributed by atoms with Crippen molar-refractivity contribution in [3.8, 4) is 11.3 Å².